The van der Waals surface area contributed by atoms with Crippen LogP contribution in [0, 0.1) is 0 Å². The average molecular weight is 351 g/mol. The highest BCUT2D eigenvalue weighted by Gasteiger charge is 2.13. The van der Waals surface area contributed by atoms with Crippen LogP contribution in [0.25, 0.3) is 22.1 Å². The van der Waals surface area contributed by atoms with Crippen LogP contribution < -0.4 is 5.73 Å². The first-order valence-electron chi connectivity index (χ1n) is 7.37. The van der Waals surface area contributed by atoms with Crippen molar-refractivity contribution in [3.05, 3.63) is 59.1 Å². The van der Waals surface area contributed by atoms with Crippen LogP contribution in [0.1, 0.15) is 10.4 Å². The molecule has 25 heavy (non-hydrogen) atoms. The van der Waals surface area contributed by atoms with E-state index in [1.54, 1.807) is 24.3 Å². The molecule has 1 amide bonds. The van der Waals surface area contributed by atoms with Crippen molar-refractivity contribution in [2.45, 2.75) is 0 Å². The molecule has 0 saturated carbocycles. The van der Waals surface area contributed by atoms with Gasteiger partial charge in [-0.25, -0.2) is 9.97 Å². The van der Waals surface area contributed by atoms with Crippen molar-refractivity contribution in [2.75, 3.05) is 5.73 Å². The fraction of sp³-hybridized carbons (Fsp3) is 0. The number of benzene rings is 2. The number of fused-ring (bicyclic) bond motifs is 2. The number of aromatic nitrogens is 3. The van der Waals surface area contributed by atoms with Gasteiger partial charge in [0.05, 0.1) is 11.0 Å². The molecule has 2 aromatic heterocycles. The van der Waals surface area contributed by atoms with Crippen LogP contribution in [-0.4, -0.2) is 20.9 Å². The molecule has 7 nitrogen and oxygen atoms in total. The topological polar surface area (TPSA) is 109 Å². The van der Waals surface area contributed by atoms with E-state index in [0.29, 0.717) is 33.0 Å². The molecule has 0 aliphatic carbocycles. The monoisotopic (exact) mass is 350 g/mol. The van der Waals surface area contributed by atoms with Gasteiger partial charge in [-0.3, -0.25) is 4.79 Å². The van der Waals surface area contributed by atoms with E-state index < -0.39 is 5.91 Å². The van der Waals surface area contributed by atoms with E-state index in [4.69, 9.17) is 17.3 Å². The molecule has 0 spiro atoms. The van der Waals surface area contributed by atoms with Gasteiger partial charge in [0.1, 0.15) is 16.9 Å². The number of hydrogen-bond donors (Lipinski definition) is 2. The number of nitrogens with zero attached hydrogens (tertiary/aromatic N) is 4. The summed E-state index contributed by atoms with van der Waals surface area (Å²) in [6.45, 7) is 0. The van der Waals surface area contributed by atoms with Crippen molar-refractivity contribution >= 4 is 51.2 Å². The number of nitrogen functional groups attached to an aromatic ring is 1. The molecule has 0 aliphatic heterocycles. The Morgan fingerprint density at radius 2 is 1.64 bits per heavy atom. The number of nitrogens with one attached hydrogen (secondary N) is 1. The summed E-state index contributed by atoms with van der Waals surface area (Å²) in [5, 5.41) is 8.23. The summed E-state index contributed by atoms with van der Waals surface area (Å²) < 4.78 is 0. The molecule has 122 valence electrons. The number of nitrogens with two attached hydrogens (primary N) is 1. The quantitative estimate of drug-likeness (QED) is 0.526. The fourth-order valence-electron chi connectivity index (χ4n) is 2.42. The highest BCUT2D eigenvalue weighted by molar-refractivity contribution is 6.30. The molecule has 8 heteroatoms. The zero-order chi connectivity index (χ0) is 17.4. The maximum atomic E-state index is 12.1. The lowest BCUT2D eigenvalue weighted by Gasteiger charge is -1.97. The molecule has 0 atom stereocenters. The number of para-hydroxylation sites is 2. The van der Waals surface area contributed by atoms with E-state index in [0.717, 1.165) is 5.52 Å². The smallest absolute Gasteiger partial charge is 0.295 e. The van der Waals surface area contributed by atoms with Gasteiger partial charge < -0.3 is 10.7 Å². The fourth-order valence-corrected chi connectivity index (χ4v) is 2.54. The van der Waals surface area contributed by atoms with Gasteiger partial charge in [-0.05, 0) is 36.4 Å². The molecule has 3 N–H and O–H groups in total. The summed E-state index contributed by atoms with van der Waals surface area (Å²) in [5.41, 5.74) is 8.71. The Morgan fingerprint density at radius 3 is 2.32 bits per heavy atom. The first-order chi connectivity index (χ1) is 12.1. The average Bonchev–Trinajstić information content (AvgIpc) is 2.94. The lowest BCUT2D eigenvalue weighted by atomic mass is 10.2. The molecular formula is C17H11ClN6O. The predicted octanol–water partition coefficient (Wildman–Crippen LogP) is 4.27. The third-order valence-electron chi connectivity index (χ3n) is 3.64. The second-order valence-corrected chi connectivity index (χ2v) is 5.75. The molecule has 2 aromatic carbocycles. The SMILES string of the molecule is Nc1[nH]c(N=NC(=O)c2ccc(Cl)cc2)c2nc3ccccc3nc12. The van der Waals surface area contributed by atoms with Crippen LogP contribution in [0.2, 0.25) is 5.02 Å². The Balaban J connectivity index is 1.74. The van der Waals surface area contributed by atoms with Crippen LogP contribution >= 0.6 is 11.6 Å². The largest absolute Gasteiger partial charge is 0.383 e. The van der Waals surface area contributed by atoms with Crippen molar-refractivity contribution in [2.24, 2.45) is 10.2 Å². The number of rotatable bonds is 2. The minimum Gasteiger partial charge on any atom is -0.383 e. The minimum absolute atomic E-state index is 0.285. The van der Waals surface area contributed by atoms with Gasteiger partial charge in [-0.1, -0.05) is 23.7 Å². The number of hydrogen-bond acceptors (Lipinski definition) is 5. The number of azo groups is 1. The van der Waals surface area contributed by atoms with Gasteiger partial charge in [0, 0.05) is 10.6 Å². The van der Waals surface area contributed by atoms with E-state index >= 15 is 0 Å². The van der Waals surface area contributed by atoms with Crippen molar-refractivity contribution in [1.82, 2.24) is 15.0 Å². The summed E-state index contributed by atoms with van der Waals surface area (Å²) in [7, 11) is 0. The van der Waals surface area contributed by atoms with Crippen molar-refractivity contribution in [3.63, 3.8) is 0 Å². The third kappa shape index (κ3) is 2.81. The van der Waals surface area contributed by atoms with Crippen molar-refractivity contribution < 1.29 is 4.79 Å². The van der Waals surface area contributed by atoms with Crippen molar-refractivity contribution in [3.8, 4) is 0 Å². The standard InChI is InChI=1S/C17H11ClN6O/c18-10-7-5-9(6-8-10)17(25)24-23-16-14-13(15(19)22-16)20-11-3-1-2-4-12(11)21-14/h1-8,22H,19H2. The summed E-state index contributed by atoms with van der Waals surface area (Å²) in [5.74, 6) is 0.112. The normalized spacial score (nSPS) is 11.6. The maximum Gasteiger partial charge on any atom is 0.295 e. The molecule has 0 radical (unpaired) electrons. The third-order valence-corrected chi connectivity index (χ3v) is 3.89. The van der Waals surface area contributed by atoms with Gasteiger partial charge in [0.25, 0.3) is 5.91 Å². The summed E-state index contributed by atoms with van der Waals surface area (Å²) >= 11 is 5.81. The zero-order valence-electron chi connectivity index (χ0n) is 12.8. The second-order valence-electron chi connectivity index (χ2n) is 5.31. The molecular weight excluding hydrogens is 340 g/mol. The minimum atomic E-state index is -0.494. The van der Waals surface area contributed by atoms with Gasteiger partial charge >= 0.3 is 0 Å². The van der Waals surface area contributed by atoms with Crippen LogP contribution in [0.5, 0.6) is 0 Å². The molecule has 2 heterocycles. The molecule has 0 aliphatic rings. The molecule has 4 rings (SSSR count). The number of carbonyl (C=O) groups is 1. The summed E-state index contributed by atoms with van der Waals surface area (Å²) in [4.78, 5) is 23.9. The zero-order valence-corrected chi connectivity index (χ0v) is 13.5. The van der Waals surface area contributed by atoms with Crippen LogP contribution in [0.4, 0.5) is 11.6 Å². The Labute approximate surface area is 146 Å². The van der Waals surface area contributed by atoms with Crippen LogP contribution in [0.15, 0.2) is 58.8 Å². The Bertz CT molecular complexity index is 1130. The Hall–Kier alpha value is -3.32. The van der Waals surface area contributed by atoms with Gasteiger partial charge in [-0.2, -0.15) is 0 Å². The molecule has 0 unspecified atom stereocenters. The highest BCUT2D eigenvalue weighted by atomic mass is 35.5. The van der Waals surface area contributed by atoms with E-state index in [9.17, 15) is 4.79 Å². The number of carbonyl (C=O) groups excluding carboxylic acids is 1. The van der Waals surface area contributed by atoms with Crippen LogP contribution in [0.3, 0.4) is 0 Å². The van der Waals surface area contributed by atoms with Crippen LogP contribution in [-0.2, 0) is 0 Å². The molecule has 0 bridgehead atoms. The molecule has 4 aromatic rings. The van der Waals surface area contributed by atoms with Crippen molar-refractivity contribution in [1.29, 1.82) is 0 Å². The summed E-state index contributed by atoms with van der Waals surface area (Å²) in [6.07, 6.45) is 0. The Morgan fingerprint density at radius 1 is 1.00 bits per heavy atom. The number of amides is 1. The number of aromatic amines is 1. The van der Waals surface area contributed by atoms with E-state index in [-0.39, 0.29) is 5.82 Å². The second kappa shape index (κ2) is 5.95. The molecule has 0 saturated heterocycles. The first kappa shape index (κ1) is 15.2. The Kier molecular flexibility index (Phi) is 3.62. The predicted molar refractivity (Wildman–Crippen MR) is 96.1 cm³/mol. The summed E-state index contributed by atoms with van der Waals surface area (Å²) in [6, 6.07) is 13.8. The van der Waals surface area contributed by atoms with Gasteiger partial charge in [0.15, 0.2) is 5.82 Å². The number of halogens is 1. The lowest BCUT2D eigenvalue weighted by molar-refractivity contribution is 0.0995. The molecule has 0 fully saturated rings. The lowest BCUT2D eigenvalue weighted by Crippen LogP contribution is -1.92. The van der Waals surface area contributed by atoms with E-state index in [1.807, 2.05) is 24.3 Å². The van der Waals surface area contributed by atoms with Gasteiger partial charge in [-0.15, -0.1) is 10.2 Å². The number of H-pyrrole nitrogens is 1. The number of anilines is 1. The van der Waals surface area contributed by atoms with Gasteiger partial charge in [0.2, 0.25) is 0 Å². The van der Waals surface area contributed by atoms with E-state index in [1.165, 1.54) is 0 Å². The van der Waals surface area contributed by atoms with E-state index in [2.05, 4.69) is 25.2 Å². The first-order valence-corrected chi connectivity index (χ1v) is 7.75. The maximum absolute atomic E-state index is 12.1. The highest BCUT2D eigenvalue weighted by Crippen LogP contribution is 2.29.